The number of aliphatic hydroxyl groups excluding tert-OH is 1. The number of carbonyl (C=O) groups excluding carboxylic acids is 2. The Labute approximate surface area is 266 Å². The molecule has 0 unspecified atom stereocenters. The van der Waals surface area contributed by atoms with Gasteiger partial charge in [0, 0.05) is 12.0 Å². The Balaban J connectivity index is 1.48. The van der Waals surface area contributed by atoms with Gasteiger partial charge in [0.05, 0.1) is 42.2 Å². The van der Waals surface area contributed by atoms with Crippen LogP contribution in [0.2, 0.25) is 0 Å². The Morgan fingerprint density at radius 1 is 1.09 bits per heavy atom. The summed E-state index contributed by atoms with van der Waals surface area (Å²) in [5, 5.41) is 12.1. The summed E-state index contributed by atoms with van der Waals surface area (Å²) in [5.41, 5.74) is 2.56. The molecule has 3 aromatic carbocycles. The van der Waals surface area contributed by atoms with Crippen LogP contribution in [-0.2, 0) is 16.0 Å². The van der Waals surface area contributed by atoms with Crippen LogP contribution >= 0.6 is 11.3 Å². The number of benzene rings is 3. The fourth-order valence-corrected chi connectivity index (χ4v) is 6.72. The van der Waals surface area contributed by atoms with Gasteiger partial charge in [0.2, 0.25) is 0 Å². The maximum absolute atomic E-state index is 13.8. The zero-order valence-electron chi connectivity index (χ0n) is 26.0. The topological polar surface area (TPSA) is 107 Å². The van der Waals surface area contributed by atoms with Gasteiger partial charge in [0.25, 0.3) is 5.78 Å². The number of carbonyl (C=O) groups is 2. The van der Waals surface area contributed by atoms with Crippen molar-refractivity contribution in [3.05, 3.63) is 76.9 Å². The monoisotopic (exact) mass is 628 g/mol. The van der Waals surface area contributed by atoms with E-state index in [2.05, 4.69) is 13.8 Å². The van der Waals surface area contributed by atoms with Gasteiger partial charge in [-0.2, -0.15) is 0 Å². The third kappa shape index (κ3) is 5.82. The highest BCUT2D eigenvalue weighted by Crippen LogP contribution is 2.46. The molecule has 0 aliphatic carbocycles. The third-order valence-electron chi connectivity index (χ3n) is 7.94. The van der Waals surface area contributed by atoms with Crippen LogP contribution in [-0.4, -0.2) is 48.2 Å². The number of ether oxygens (including phenoxy) is 4. The summed E-state index contributed by atoms with van der Waals surface area (Å²) in [7, 11) is 1.54. The van der Waals surface area contributed by atoms with Gasteiger partial charge in [-0.25, -0.2) is 4.98 Å². The lowest BCUT2D eigenvalue weighted by Gasteiger charge is -2.24. The molecule has 2 aliphatic heterocycles. The lowest BCUT2D eigenvalue weighted by Crippen LogP contribution is -2.29. The van der Waals surface area contributed by atoms with E-state index in [1.165, 1.54) is 16.2 Å². The number of thiazole rings is 1. The van der Waals surface area contributed by atoms with Crippen LogP contribution in [0.25, 0.3) is 16.0 Å². The van der Waals surface area contributed by atoms with Crippen molar-refractivity contribution in [1.29, 1.82) is 0 Å². The second-order valence-electron chi connectivity index (χ2n) is 11.6. The fraction of sp³-hybridized carbons (Fsp3) is 0.343. The molecule has 4 aromatic rings. The number of ketones is 1. The molecule has 1 N–H and O–H groups in total. The van der Waals surface area contributed by atoms with Crippen molar-refractivity contribution in [3.63, 3.8) is 0 Å². The lowest BCUT2D eigenvalue weighted by molar-refractivity contribution is -0.132. The summed E-state index contributed by atoms with van der Waals surface area (Å²) in [6, 6.07) is 15.2. The molecule has 0 saturated carbocycles. The van der Waals surface area contributed by atoms with Crippen LogP contribution in [0.3, 0.4) is 0 Å². The molecule has 45 heavy (non-hydrogen) atoms. The Hall–Kier alpha value is -4.57. The number of hydrogen-bond donors (Lipinski definition) is 1. The number of nitrogens with zero attached hydrogens (tertiary/aromatic N) is 2. The number of aromatic nitrogens is 1. The van der Waals surface area contributed by atoms with Gasteiger partial charge >= 0.3 is 5.91 Å². The molecule has 1 aromatic heterocycles. The van der Waals surface area contributed by atoms with Crippen molar-refractivity contribution in [3.8, 4) is 23.0 Å². The van der Waals surface area contributed by atoms with Gasteiger partial charge in [-0.1, -0.05) is 31.3 Å². The Bertz CT molecular complexity index is 1810. The number of aliphatic hydroxyl groups is 1. The zero-order valence-corrected chi connectivity index (χ0v) is 26.8. The van der Waals surface area contributed by atoms with E-state index in [1.807, 2.05) is 38.1 Å². The Kier molecular flexibility index (Phi) is 8.42. The lowest BCUT2D eigenvalue weighted by atomic mass is 9.94. The van der Waals surface area contributed by atoms with E-state index in [9.17, 15) is 14.7 Å². The van der Waals surface area contributed by atoms with Crippen LogP contribution < -0.4 is 23.8 Å². The normalized spacial score (nSPS) is 18.8. The van der Waals surface area contributed by atoms with Crippen LogP contribution in [0, 0.1) is 5.92 Å². The maximum atomic E-state index is 13.8. The minimum atomic E-state index is -0.973. The Morgan fingerprint density at radius 2 is 1.91 bits per heavy atom. The zero-order chi connectivity index (χ0) is 31.8. The molecule has 2 aliphatic rings. The quantitative estimate of drug-likeness (QED) is 0.113. The fourth-order valence-electron chi connectivity index (χ4n) is 5.70. The highest BCUT2D eigenvalue weighted by Gasteiger charge is 2.48. The highest BCUT2D eigenvalue weighted by atomic mass is 32.1. The van der Waals surface area contributed by atoms with Crippen LogP contribution in [0.1, 0.15) is 56.8 Å². The van der Waals surface area contributed by atoms with Crippen molar-refractivity contribution in [2.45, 2.75) is 52.7 Å². The van der Waals surface area contributed by atoms with Crippen LogP contribution in [0.15, 0.2) is 60.2 Å². The molecule has 1 fully saturated rings. The first kappa shape index (κ1) is 30.5. The Morgan fingerprint density at radius 3 is 2.67 bits per heavy atom. The SMILES string of the molecule is CCOc1ccc2nc(N3C(=O)C(=O)C(=C(O)c4ccc5c(c4)C[C@@H](C)O5)[C@@H]3c3ccc(OCCC(C)C)c(OC)c3)sc2c1. The number of fused-ring (bicyclic) bond motifs is 2. The van der Waals surface area contributed by atoms with E-state index in [1.54, 1.807) is 37.4 Å². The average molecular weight is 629 g/mol. The van der Waals surface area contributed by atoms with Gasteiger partial charge in [0.15, 0.2) is 16.6 Å². The van der Waals surface area contributed by atoms with Crippen molar-refractivity contribution < 1.29 is 33.6 Å². The smallest absolute Gasteiger partial charge is 0.301 e. The number of anilines is 1. The molecule has 0 bridgehead atoms. The molecule has 3 heterocycles. The van der Waals surface area contributed by atoms with Crippen molar-refractivity contribution in [1.82, 2.24) is 4.98 Å². The van der Waals surface area contributed by atoms with Crippen LogP contribution in [0.4, 0.5) is 5.13 Å². The number of Topliss-reactive ketones (excluding diaryl/α,β-unsaturated/α-hetero) is 1. The van der Waals surface area contributed by atoms with Gasteiger partial charge in [-0.3, -0.25) is 14.5 Å². The standard InChI is InChI=1S/C35H36N2O7S/c1-6-42-24-9-10-25-29(18-24)45-35(36-25)37-31(21-7-12-27(28(17-21)41-5)43-14-13-19(2)3)30(33(39)34(37)40)32(38)22-8-11-26-23(16-22)15-20(4)44-26/h7-12,16-20,31,38H,6,13-15H2,1-5H3/t20-,31+/m1/s1. The minimum Gasteiger partial charge on any atom is -0.507 e. The summed E-state index contributed by atoms with van der Waals surface area (Å²) in [6.45, 7) is 9.16. The number of amides is 1. The van der Waals surface area contributed by atoms with Gasteiger partial charge in [-0.15, -0.1) is 0 Å². The van der Waals surface area contributed by atoms with Gasteiger partial charge < -0.3 is 24.1 Å². The number of methoxy groups -OCH3 is 1. The molecular formula is C35H36N2O7S. The molecule has 6 rings (SSSR count). The molecule has 2 atom stereocenters. The summed E-state index contributed by atoms with van der Waals surface area (Å²) >= 11 is 1.28. The predicted molar refractivity (Wildman–Crippen MR) is 174 cm³/mol. The second kappa shape index (κ2) is 12.4. The molecule has 1 amide bonds. The third-order valence-corrected chi connectivity index (χ3v) is 8.95. The van der Waals surface area contributed by atoms with E-state index in [0.29, 0.717) is 64.6 Å². The van der Waals surface area contributed by atoms with E-state index < -0.39 is 17.7 Å². The van der Waals surface area contributed by atoms with Gasteiger partial charge in [0.1, 0.15) is 23.4 Å². The first-order valence-electron chi connectivity index (χ1n) is 15.1. The second-order valence-corrected chi connectivity index (χ2v) is 12.6. The van der Waals surface area contributed by atoms with E-state index in [4.69, 9.17) is 23.9 Å². The molecular weight excluding hydrogens is 592 g/mol. The van der Waals surface area contributed by atoms with Gasteiger partial charge in [-0.05, 0) is 85.8 Å². The van der Waals surface area contributed by atoms with E-state index >= 15 is 0 Å². The van der Waals surface area contributed by atoms with E-state index in [0.717, 1.165) is 22.4 Å². The first-order chi connectivity index (χ1) is 21.7. The summed E-state index contributed by atoms with van der Waals surface area (Å²) in [6.07, 6.45) is 1.57. The molecule has 9 nitrogen and oxygen atoms in total. The van der Waals surface area contributed by atoms with E-state index in [-0.39, 0.29) is 17.4 Å². The maximum Gasteiger partial charge on any atom is 0.301 e. The summed E-state index contributed by atoms with van der Waals surface area (Å²) in [5.74, 6) is 1.07. The molecule has 234 valence electrons. The van der Waals surface area contributed by atoms with Crippen molar-refractivity contribution in [2.75, 3.05) is 25.2 Å². The summed E-state index contributed by atoms with van der Waals surface area (Å²) in [4.78, 5) is 33.8. The largest absolute Gasteiger partial charge is 0.507 e. The molecule has 0 spiro atoms. The number of hydrogen-bond acceptors (Lipinski definition) is 9. The predicted octanol–water partition coefficient (Wildman–Crippen LogP) is 7.08. The van der Waals surface area contributed by atoms with Crippen molar-refractivity contribution in [2.24, 2.45) is 5.92 Å². The molecule has 1 saturated heterocycles. The summed E-state index contributed by atoms with van der Waals surface area (Å²) < 4.78 is 24.0. The number of rotatable bonds is 10. The van der Waals surface area contributed by atoms with Crippen molar-refractivity contribution >= 4 is 44.1 Å². The first-order valence-corrected chi connectivity index (χ1v) is 15.9. The molecule has 10 heteroatoms. The van der Waals surface area contributed by atoms with Crippen LogP contribution in [0.5, 0.6) is 23.0 Å². The minimum absolute atomic E-state index is 0.0130. The molecule has 0 radical (unpaired) electrons. The highest BCUT2D eigenvalue weighted by molar-refractivity contribution is 7.22. The average Bonchev–Trinajstić information content (AvgIpc) is 3.68.